The van der Waals surface area contributed by atoms with Crippen LogP contribution in [-0.4, -0.2) is 78.2 Å². The van der Waals surface area contributed by atoms with E-state index in [9.17, 15) is 4.79 Å². The van der Waals surface area contributed by atoms with Gasteiger partial charge in [-0.25, -0.2) is 9.97 Å². The highest BCUT2D eigenvalue weighted by Gasteiger charge is 2.13. The molecule has 1 aromatic heterocycles. The third-order valence-corrected chi connectivity index (χ3v) is 3.76. The number of aromatic nitrogens is 2. The molecule has 2 rings (SSSR count). The van der Waals surface area contributed by atoms with Crippen LogP contribution in [0.4, 0.5) is 5.95 Å². The number of anilines is 1. The van der Waals surface area contributed by atoms with E-state index in [4.69, 9.17) is 4.74 Å². The Hall–Kier alpha value is -1.73. The summed E-state index contributed by atoms with van der Waals surface area (Å²) in [6, 6.07) is 0. The Morgan fingerprint density at radius 1 is 1.27 bits per heavy atom. The molecular formula is C15H25N5O2. The quantitative estimate of drug-likeness (QED) is 0.800. The Bertz CT molecular complexity index is 456. The largest absolute Gasteiger partial charge is 0.379 e. The van der Waals surface area contributed by atoms with E-state index in [-0.39, 0.29) is 5.91 Å². The van der Waals surface area contributed by atoms with Gasteiger partial charge in [-0.1, -0.05) is 0 Å². The molecule has 0 aliphatic carbocycles. The third-order valence-electron chi connectivity index (χ3n) is 3.76. The van der Waals surface area contributed by atoms with Gasteiger partial charge in [0, 0.05) is 51.7 Å². The van der Waals surface area contributed by atoms with Crippen LogP contribution in [0.3, 0.4) is 0 Å². The van der Waals surface area contributed by atoms with Crippen LogP contribution in [0.15, 0.2) is 12.4 Å². The maximum absolute atomic E-state index is 12.1. The van der Waals surface area contributed by atoms with Crippen LogP contribution in [0.1, 0.15) is 24.2 Å². The predicted octanol–water partition coefficient (Wildman–Crippen LogP) is 0.703. The maximum Gasteiger partial charge on any atom is 0.256 e. The molecule has 1 aromatic rings. The Morgan fingerprint density at radius 3 is 2.50 bits per heavy atom. The topological polar surface area (TPSA) is 70.6 Å². The van der Waals surface area contributed by atoms with Gasteiger partial charge in [-0.05, 0) is 13.8 Å². The predicted molar refractivity (Wildman–Crippen MR) is 85.0 cm³/mol. The Balaban J connectivity index is 1.80. The van der Waals surface area contributed by atoms with Gasteiger partial charge in [0.1, 0.15) is 0 Å². The van der Waals surface area contributed by atoms with Crippen LogP contribution in [0.2, 0.25) is 0 Å². The fourth-order valence-corrected chi connectivity index (χ4v) is 2.37. The van der Waals surface area contributed by atoms with Crippen molar-refractivity contribution in [2.75, 3.05) is 57.8 Å². The summed E-state index contributed by atoms with van der Waals surface area (Å²) in [6.45, 7) is 10.6. The molecule has 7 nitrogen and oxygen atoms in total. The van der Waals surface area contributed by atoms with Gasteiger partial charge in [0.2, 0.25) is 5.95 Å². The van der Waals surface area contributed by atoms with Gasteiger partial charge in [-0.15, -0.1) is 0 Å². The number of morpholine rings is 1. The van der Waals surface area contributed by atoms with E-state index < -0.39 is 0 Å². The van der Waals surface area contributed by atoms with Gasteiger partial charge < -0.3 is 15.0 Å². The number of nitrogens with one attached hydrogen (secondary N) is 1. The second-order valence-electron chi connectivity index (χ2n) is 5.15. The molecule has 122 valence electrons. The first-order valence-electron chi connectivity index (χ1n) is 7.89. The highest BCUT2D eigenvalue weighted by Crippen LogP contribution is 2.05. The molecule has 1 N–H and O–H groups in total. The monoisotopic (exact) mass is 307 g/mol. The minimum absolute atomic E-state index is 0.0233. The lowest BCUT2D eigenvalue weighted by Gasteiger charge is -2.26. The summed E-state index contributed by atoms with van der Waals surface area (Å²) < 4.78 is 5.31. The summed E-state index contributed by atoms with van der Waals surface area (Å²) >= 11 is 0. The van der Waals surface area contributed by atoms with Gasteiger partial charge in [0.05, 0.1) is 18.8 Å². The van der Waals surface area contributed by atoms with E-state index in [1.54, 1.807) is 17.3 Å². The first kappa shape index (κ1) is 16.6. The molecule has 1 aliphatic rings. The first-order chi connectivity index (χ1) is 10.7. The fraction of sp³-hybridized carbons (Fsp3) is 0.667. The summed E-state index contributed by atoms with van der Waals surface area (Å²) in [6.07, 6.45) is 3.18. The minimum atomic E-state index is -0.0233. The van der Waals surface area contributed by atoms with E-state index in [0.717, 1.165) is 39.4 Å². The Morgan fingerprint density at radius 2 is 1.91 bits per heavy atom. The molecule has 7 heteroatoms. The molecule has 2 heterocycles. The second kappa shape index (κ2) is 8.65. The van der Waals surface area contributed by atoms with Crippen molar-refractivity contribution in [3.05, 3.63) is 18.0 Å². The molecule has 0 bridgehead atoms. The number of hydrogen-bond acceptors (Lipinski definition) is 6. The number of carbonyl (C=O) groups excluding carboxylic acids is 1. The van der Waals surface area contributed by atoms with Crippen molar-refractivity contribution in [2.45, 2.75) is 13.8 Å². The van der Waals surface area contributed by atoms with Gasteiger partial charge in [0.25, 0.3) is 5.91 Å². The van der Waals surface area contributed by atoms with Crippen molar-refractivity contribution >= 4 is 11.9 Å². The Labute approximate surface area is 131 Å². The van der Waals surface area contributed by atoms with E-state index in [1.807, 2.05) is 13.8 Å². The zero-order valence-electron chi connectivity index (χ0n) is 13.4. The van der Waals surface area contributed by atoms with Crippen molar-refractivity contribution < 1.29 is 9.53 Å². The van der Waals surface area contributed by atoms with Gasteiger partial charge >= 0.3 is 0 Å². The van der Waals surface area contributed by atoms with E-state index in [0.29, 0.717) is 24.6 Å². The van der Waals surface area contributed by atoms with Crippen LogP contribution in [-0.2, 0) is 4.74 Å². The minimum Gasteiger partial charge on any atom is -0.379 e. The number of hydrogen-bond donors (Lipinski definition) is 1. The average molecular weight is 307 g/mol. The lowest BCUT2D eigenvalue weighted by molar-refractivity contribution is 0.0398. The zero-order valence-corrected chi connectivity index (χ0v) is 13.4. The van der Waals surface area contributed by atoms with Crippen LogP contribution in [0.5, 0.6) is 0 Å². The van der Waals surface area contributed by atoms with Crippen LogP contribution < -0.4 is 5.32 Å². The molecule has 1 aliphatic heterocycles. The van der Waals surface area contributed by atoms with Crippen molar-refractivity contribution in [2.24, 2.45) is 0 Å². The molecule has 0 unspecified atom stereocenters. The SMILES string of the molecule is CCN(CC)C(=O)c1cnc(NCCN2CCOCC2)nc1. The van der Waals surface area contributed by atoms with Crippen LogP contribution in [0, 0.1) is 0 Å². The molecule has 1 amide bonds. The molecule has 0 aromatic carbocycles. The summed E-state index contributed by atoms with van der Waals surface area (Å²) in [5.41, 5.74) is 0.530. The summed E-state index contributed by atoms with van der Waals surface area (Å²) in [7, 11) is 0. The van der Waals surface area contributed by atoms with E-state index >= 15 is 0 Å². The Kier molecular flexibility index (Phi) is 6.54. The van der Waals surface area contributed by atoms with Crippen LogP contribution in [0.25, 0.3) is 0 Å². The van der Waals surface area contributed by atoms with Crippen molar-refractivity contribution in [1.29, 1.82) is 0 Å². The molecule has 1 fully saturated rings. The summed E-state index contributed by atoms with van der Waals surface area (Å²) in [5, 5.41) is 3.19. The highest BCUT2D eigenvalue weighted by atomic mass is 16.5. The van der Waals surface area contributed by atoms with Gasteiger partial charge in [0.15, 0.2) is 0 Å². The number of ether oxygens (including phenoxy) is 1. The number of nitrogens with zero attached hydrogens (tertiary/aromatic N) is 4. The van der Waals surface area contributed by atoms with E-state index in [2.05, 4.69) is 20.2 Å². The van der Waals surface area contributed by atoms with Crippen molar-refractivity contribution in [3.8, 4) is 0 Å². The molecular weight excluding hydrogens is 282 g/mol. The fourth-order valence-electron chi connectivity index (χ4n) is 2.37. The summed E-state index contributed by atoms with van der Waals surface area (Å²) in [4.78, 5) is 24.7. The molecule has 0 spiro atoms. The molecule has 0 atom stereocenters. The number of rotatable bonds is 7. The lowest BCUT2D eigenvalue weighted by Crippen LogP contribution is -2.39. The molecule has 0 radical (unpaired) electrons. The standard InChI is InChI=1S/C15H25N5O2/c1-3-20(4-2)14(21)13-11-17-15(18-12-13)16-5-6-19-7-9-22-10-8-19/h11-12H,3-10H2,1-2H3,(H,16,17,18). The molecule has 22 heavy (non-hydrogen) atoms. The summed E-state index contributed by atoms with van der Waals surface area (Å²) in [5.74, 6) is 0.536. The van der Waals surface area contributed by atoms with Crippen molar-refractivity contribution in [3.63, 3.8) is 0 Å². The third kappa shape index (κ3) is 4.64. The average Bonchev–Trinajstić information content (AvgIpc) is 2.57. The smallest absolute Gasteiger partial charge is 0.256 e. The van der Waals surface area contributed by atoms with Gasteiger partial charge in [-0.3, -0.25) is 9.69 Å². The number of amides is 1. The van der Waals surface area contributed by atoms with Crippen LogP contribution >= 0.6 is 0 Å². The molecule has 1 saturated heterocycles. The first-order valence-corrected chi connectivity index (χ1v) is 7.89. The zero-order chi connectivity index (χ0) is 15.8. The van der Waals surface area contributed by atoms with Gasteiger partial charge in [-0.2, -0.15) is 0 Å². The lowest BCUT2D eigenvalue weighted by atomic mass is 10.3. The number of carbonyl (C=O) groups is 1. The second-order valence-corrected chi connectivity index (χ2v) is 5.15. The maximum atomic E-state index is 12.1. The van der Waals surface area contributed by atoms with Crippen molar-refractivity contribution in [1.82, 2.24) is 19.8 Å². The normalized spacial score (nSPS) is 15.5. The van der Waals surface area contributed by atoms with E-state index in [1.165, 1.54) is 0 Å². The highest BCUT2D eigenvalue weighted by molar-refractivity contribution is 5.93. The molecule has 0 saturated carbocycles.